The second kappa shape index (κ2) is 7.09. The van der Waals surface area contributed by atoms with Gasteiger partial charge in [-0.05, 0) is 48.9 Å². The van der Waals surface area contributed by atoms with Gasteiger partial charge in [-0.3, -0.25) is 4.79 Å². The summed E-state index contributed by atoms with van der Waals surface area (Å²) >= 11 is 0. The standard InChI is InChI=1S/C19H14F2N2O2/c1-12-10-13(20)6-8-17(12)25-18-9-7-14(11-22-18)23-19(24)15-4-2-3-5-16(15)21/h2-11H,1H3,(H,23,24). The van der Waals surface area contributed by atoms with E-state index < -0.39 is 11.7 Å². The maximum atomic E-state index is 13.6. The molecule has 0 aliphatic carbocycles. The average Bonchev–Trinajstić information content (AvgIpc) is 2.59. The number of carbonyl (C=O) groups excluding carboxylic acids is 1. The molecule has 0 aliphatic heterocycles. The Kier molecular flexibility index (Phi) is 4.70. The fraction of sp³-hybridized carbons (Fsp3) is 0.0526. The fourth-order valence-corrected chi connectivity index (χ4v) is 2.20. The number of anilines is 1. The van der Waals surface area contributed by atoms with E-state index in [1.807, 2.05) is 0 Å². The lowest BCUT2D eigenvalue weighted by molar-refractivity contribution is 0.102. The maximum absolute atomic E-state index is 13.6. The molecule has 0 atom stereocenters. The van der Waals surface area contributed by atoms with E-state index >= 15 is 0 Å². The van der Waals surface area contributed by atoms with Crippen LogP contribution in [-0.2, 0) is 0 Å². The van der Waals surface area contributed by atoms with Gasteiger partial charge in [-0.1, -0.05) is 12.1 Å². The number of aromatic nitrogens is 1. The molecule has 0 aliphatic rings. The molecule has 1 N–H and O–H groups in total. The molecular weight excluding hydrogens is 326 g/mol. The molecule has 0 unspecified atom stereocenters. The molecule has 2 aromatic carbocycles. The van der Waals surface area contributed by atoms with Gasteiger partial charge in [0.25, 0.3) is 5.91 Å². The lowest BCUT2D eigenvalue weighted by atomic mass is 10.2. The van der Waals surface area contributed by atoms with Crippen molar-refractivity contribution < 1.29 is 18.3 Å². The Labute approximate surface area is 143 Å². The lowest BCUT2D eigenvalue weighted by Gasteiger charge is -2.09. The molecule has 3 rings (SSSR count). The molecule has 0 spiro atoms. The van der Waals surface area contributed by atoms with Crippen LogP contribution in [0.25, 0.3) is 0 Å². The van der Waals surface area contributed by atoms with Crippen LogP contribution in [0.2, 0.25) is 0 Å². The van der Waals surface area contributed by atoms with Crippen LogP contribution < -0.4 is 10.1 Å². The summed E-state index contributed by atoms with van der Waals surface area (Å²) in [5, 5.41) is 2.56. The molecule has 0 saturated carbocycles. The van der Waals surface area contributed by atoms with Gasteiger partial charge < -0.3 is 10.1 Å². The zero-order chi connectivity index (χ0) is 17.8. The highest BCUT2D eigenvalue weighted by Crippen LogP contribution is 2.24. The van der Waals surface area contributed by atoms with Gasteiger partial charge in [0.1, 0.15) is 17.4 Å². The van der Waals surface area contributed by atoms with E-state index in [2.05, 4.69) is 10.3 Å². The molecule has 1 heterocycles. The SMILES string of the molecule is Cc1cc(F)ccc1Oc1ccc(NC(=O)c2ccccc2F)cn1. The van der Waals surface area contributed by atoms with Crippen molar-refractivity contribution in [1.82, 2.24) is 4.98 Å². The third-order valence-electron chi connectivity index (χ3n) is 3.46. The molecule has 4 nitrogen and oxygen atoms in total. The summed E-state index contributed by atoms with van der Waals surface area (Å²) in [5.41, 5.74) is 0.986. The number of pyridine rings is 1. The van der Waals surface area contributed by atoms with Crippen LogP contribution in [0.1, 0.15) is 15.9 Å². The Bertz CT molecular complexity index is 912. The third kappa shape index (κ3) is 3.98. The van der Waals surface area contributed by atoms with Crippen LogP contribution in [-0.4, -0.2) is 10.9 Å². The van der Waals surface area contributed by atoms with Gasteiger partial charge in [0.2, 0.25) is 5.88 Å². The summed E-state index contributed by atoms with van der Waals surface area (Å²) in [7, 11) is 0. The summed E-state index contributed by atoms with van der Waals surface area (Å²) in [6, 6.07) is 13.0. The maximum Gasteiger partial charge on any atom is 0.258 e. The van der Waals surface area contributed by atoms with E-state index in [1.165, 1.54) is 42.6 Å². The molecule has 0 fully saturated rings. The van der Waals surface area contributed by atoms with Crippen molar-refractivity contribution >= 4 is 11.6 Å². The van der Waals surface area contributed by atoms with Crippen molar-refractivity contribution in [2.24, 2.45) is 0 Å². The molecule has 3 aromatic rings. The zero-order valence-electron chi connectivity index (χ0n) is 13.3. The van der Waals surface area contributed by atoms with Crippen LogP contribution in [0.5, 0.6) is 11.6 Å². The van der Waals surface area contributed by atoms with E-state index in [0.717, 1.165) is 0 Å². The van der Waals surface area contributed by atoms with Gasteiger partial charge in [-0.15, -0.1) is 0 Å². The van der Waals surface area contributed by atoms with E-state index in [9.17, 15) is 13.6 Å². The summed E-state index contributed by atoms with van der Waals surface area (Å²) in [6.07, 6.45) is 1.40. The van der Waals surface area contributed by atoms with E-state index in [4.69, 9.17) is 4.74 Å². The van der Waals surface area contributed by atoms with E-state index in [1.54, 1.807) is 25.1 Å². The highest BCUT2D eigenvalue weighted by atomic mass is 19.1. The highest BCUT2D eigenvalue weighted by Gasteiger charge is 2.11. The third-order valence-corrected chi connectivity index (χ3v) is 3.46. The summed E-state index contributed by atoms with van der Waals surface area (Å²) in [6.45, 7) is 1.72. The van der Waals surface area contributed by atoms with Gasteiger partial charge in [-0.2, -0.15) is 0 Å². The molecule has 0 saturated heterocycles. The van der Waals surface area contributed by atoms with Crippen LogP contribution in [0, 0.1) is 18.6 Å². The number of aryl methyl sites for hydroxylation is 1. The monoisotopic (exact) mass is 340 g/mol. The summed E-state index contributed by atoms with van der Waals surface area (Å²) in [5.74, 6) is -0.734. The van der Waals surface area contributed by atoms with Gasteiger partial charge >= 0.3 is 0 Å². The second-order valence-corrected chi connectivity index (χ2v) is 5.33. The molecule has 0 radical (unpaired) electrons. The smallest absolute Gasteiger partial charge is 0.258 e. The Balaban J connectivity index is 1.70. The van der Waals surface area contributed by atoms with Crippen molar-refractivity contribution in [2.45, 2.75) is 6.92 Å². The van der Waals surface area contributed by atoms with Crippen LogP contribution in [0.4, 0.5) is 14.5 Å². The zero-order valence-corrected chi connectivity index (χ0v) is 13.3. The number of carbonyl (C=O) groups is 1. The average molecular weight is 340 g/mol. The number of hydrogen-bond acceptors (Lipinski definition) is 3. The van der Waals surface area contributed by atoms with Crippen molar-refractivity contribution in [3.05, 3.63) is 83.6 Å². The van der Waals surface area contributed by atoms with Gasteiger partial charge in [0, 0.05) is 6.07 Å². The number of benzene rings is 2. The largest absolute Gasteiger partial charge is 0.439 e. The molecule has 126 valence electrons. The summed E-state index contributed by atoms with van der Waals surface area (Å²) in [4.78, 5) is 16.1. The first-order chi connectivity index (χ1) is 12.0. The predicted molar refractivity (Wildman–Crippen MR) is 89.8 cm³/mol. The topological polar surface area (TPSA) is 51.2 Å². The van der Waals surface area contributed by atoms with Crippen molar-refractivity contribution in [2.75, 3.05) is 5.32 Å². The second-order valence-electron chi connectivity index (χ2n) is 5.33. The molecule has 6 heteroatoms. The van der Waals surface area contributed by atoms with Crippen molar-refractivity contribution in [3.8, 4) is 11.6 Å². The Morgan fingerprint density at radius 2 is 1.88 bits per heavy atom. The van der Waals surface area contributed by atoms with E-state index in [0.29, 0.717) is 22.9 Å². The summed E-state index contributed by atoms with van der Waals surface area (Å²) < 4.78 is 32.3. The number of ether oxygens (including phenoxy) is 1. The van der Waals surface area contributed by atoms with Crippen LogP contribution in [0.15, 0.2) is 60.8 Å². The first-order valence-corrected chi connectivity index (χ1v) is 7.49. The highest BCUT2D eigenvalue weighted by molar-refractivity contribution is 6.04. The van der Waals surface area contributed by atoms with Crippen molar-refractivity contribution in [3.63, 3.8) is 0 Å². The Hall–Kier alpha value is -3.28. The van der Waals surface area contributed by atoms with E-state index in [-0.39, 0.29) is 11.4 Å². The number of hydrogen-bond donors (Lipinski definition) is 1. The lowest BCUT2D eigenvalue weighted by Crippen LogP contribution is -2.13. The van der Waals surface area contributed by atoms with Gasteiger partial charge in [0.15, 0.2) is 0 Å². The van der Waals surface area contributed by atoms with Gasteiger partial charge in [-0.25, -0.2) is 13.8 Å². The normalized spacial score (nSPS) is 10.4. The Morgan fingerprint density at radius 1 is 1.08 bits per heavy atom. The predicted octanol–water partition coefficient (Wildman–Crippen LogP) is 4.71. The minimum Gasteiger partial charge on any atom is -0.439 e. The fourth-order valence-electron chi connectivity index (χ4n) is 2.20. The molecule has 25 heavy (non-hydrogen) atoms. The first-order valence-electron chi connectivity index (χ1n) is 7.49. The van der Waals surface area contributed by atoms with Gasteiger partial charge in [0.05, 0.1) is 17.4 Å². The number of nitrogens with zero attached hydrogens (tertiary/aromatic N) is 1. The number of halogens is 2. The Morgan fingerprint density at radius 3 is 2.56 bits per heavy atom. The molecule has 1 amide bonds. The van der Waals surface area contributed by atoms with Crippen molar-refractivity contribution in [1.29, 1.82) is 0 Å². The van der Waals surface area contributed by atoms with Crippen LogP contribution in [0.3, 0.4) is 0 Å². The quantitative estimate of drug-likeness (QED) is 0.748. The molecule has 0 bridgehead atoms. The molecular formula is C19H14F2N2O2. The number of rotatable bonds is 4. The number of nitrogens with one attached hydrogen (secondary N) is 1. The number of amides is 1. The minimum absolute atomic E-state index is 0.0511. The molecule has 1 aromatic heterocycles. The first kappa shape index (κ1) is 16.6. The van der Waals surface area contributed by atoms with Crippen LogP contribution >= 0.6 is 0 Å². The minimum atomic E-state index is -0.598.